The van der Waals surface area contributed by atoms with Crippen molar-refractivity contribution in [3.05, 3.63) is 0 Å². The molecule has 0 saturated heterocycles. The van der Waals surface area contributed by atoms with Gasteiger partial charge in [-0.1, -0.05) is 65.2 Å². The Hall–Kier alpha value is -0.100. The third-order valence-corrected chi connectivity index (χ3v) is 12.6. The van der Waals surface area contributed by atoms with Crippen LogP contribution >= 0.6 is 0 Å². The van der Waals surface area contributed by atoms with Crippen molar-refractivity contribution in [2.75, 3.05) is 0 Å². The predicted octanol–water partition coefficient (Wildman–Crippen LogP) is 4.24. The van der Waals surface area contributed by atoms with E-state index in [4.69, 9.17) is 0 Å². The van der Waals surface area contributed by atoms with E-state index in [9.17, 15) is 16.8 Å². The third-order valence-electron chi connectivity index (χ3n) is 6.11. The van der Waals surface area contributed by atoms with Gasteiger partial charge in [0, 0.05) is 0 Å². The molecule has 6 heteroatoms. The molecule has 0 spiro atoms. The van der Waals surface area contributed by atoms with Crippen LogP contribution < -0.4 is 0 Å². The molecule has 0 heterocycles. The van der Waals surface area contributed by atoms with E-state index >= 15 is 0 Å². The molecular weight excluding hydrogens is 344 g/mol. The Labute approximate surface area is 148 Å². The molecule has 142 valence electrons. The van der Waals surface area contributed by atoms with E-state index in [1.54, 1.807) is 0 Å². The molecule has 4 nitrogen and oxygen atoms in total. The summed E-state index contributed by atoms with van der Waals surface area (Å²) < 4.78 is 52.2. The SMILES string of the molecule is CCC(CC)C(S(=O)(=O)C1CCCCC1)S(=O)(=O)C1CCCCC1. The van der Waals surface area contributed by atoms with E-state index in [0.29, 0.717) is 38.5 Å². The van der Waals surface area contributed by atoms with Gasteiger partial charge in [-0.3, -0.25) is 0 Å². The predicted molar refractivity (Wildman–Crippen MR) is 99.4 cm³/mol. The minimum Gasteiger partial charge on any atom is -0.227 e. The van der Waals surface area contributed by atoms with Gasteiger partial charge < -0.3 is 0 Å². The van der Waals surface area contributed by atoms with Crippen LogP contribution in [0.4, 0.5) is 0 Å². The third kappa shape index (κ3) is 4.17. The van der Waals surface area contributed by atoms with Crippen LogP contribution in [0.2, 0.25) is 0 Å². The van der Waals surface area contributed by atoms with Gasteiger partial charge in [-0.05, 0) is 31.6 Å². The van der Waals surface area contributed by atoms with Crippen LogP contribution in [0.3, 0.4) is 0 Å². The van der Waals surface area contributed by atoms with E-state index in [1.165, 1.54) is 0 Å². The largest absolute Gasteiger partial charge is 0.227 e. The zero-order valence-corrected chi connectivity index (χ0v) is 16.9. The summed E-state index contributed by atoms with van der Waals surface area (Å²) in [6.07, 6.45) is 9.53. The molecule has 24 heavy (non-hydrogen) atoms. The van der Waals surface area contributed by atoms with E-state index < -0.39 is 34.8 Å². The Morgan fingerprint density at radius 3 is 1.29 bits per heavy atom. The maximum Gasteiger partial charge on any atom is 0.170 e. The van der Waals surface area contributed by atoms with Gasteiger partial charge in [-0.25, -0.2) is 16.8 Å². The fourth-order valence-corrected chi connectivity index (χ4v) is 11.6. The van der Waals surface area contributed by atoms with Crippen LogP contribution in [0.15, 0.2) is 0 Å². The molecule has 0 unspecified atom stereocenters. The first kappa shape index (κ1) is 20.2. The van der Waals surface area contributed by atoms with Crippen LogP contribution in [0, 0.1) is 5.92 Å². The molecule has 0 amide bonds. The van der Waals surface area contributed by atoms with Crippen molar-refractivity contribution in [1.82, 2.24) is 0 Å². The first-order valence-corrected chi connectivity index (χ1v) is 13.0. The monoisotopic (exact) mass is 378 g/mol. The zero-order valence-electron chi connectivity index (χ0n) is 15.2. The van der Waals surface area contributed by atoms with E-state index in [2.05, 4.69) is 0 Å². The first-order valence-electron chi connectivity index (χ1n) is 9.81. The highest BCUT2D eigenvalue weighted by atomic mass is 32.3. The van der Waals surface area contributed by atoms with Crippen molar-refractivity contribution in [2.24, 2.45) is 5.92 Å². The van der Waals surface area contributed by atoms with Gasteiger partial charge in [0.25, 0.3) is 0 Å². The van der Waals surface area contributed by atoms with Gasteiger partial charge in [-0.2, -0.15) is 0 Å². The molecule has 0 aliphatic heterocycles. The van der Waals surface area contributed by atoms with E-state index in [1.807, 2.05) is 13.8 Å². The minimum atomic E-state index is -3.64. The summed E-state index contributed by atoms with van der Waals surface area (Å²) in [5, 5.41) is -0.898. The Morgan fingerprint density at radius 2 is 1.00 bits per heavy atom. The van der Waals surface area contributed by atoms with Crippen molar-refractivity contribution < 1.29 is 16.8 Å². The molecule has 2 aliphatic carbocycles. The lowest BCUT2D eigenvalue weighted by Crippen LogP contribution is -2.47. The molecule has 2 aliphatic rings. The van der Waals surface area contributed by atoms with Crippen LogP contribution in [-0.2, 0) is 19.7 Å². The maximum absolute atomic E-state index is 13.4. The lowest BCUT2D eigenvalue weighted by Gasteiger charge is -2.34. The summed E-state index contributed by atoms with van der Waals surface area (Å²) in [4.78, 5) is 0. The van der Waals surface area contributed by atoms with E-state index in [0.717, 1.165) is 38.5 Å². The molecule has 0 aromatic heterocycles. The van der Waals surface area contributed by atoms with Crippen LogP contribution in [0.5, 0.6) is 0 Å². The molecule has 0 atom stereocenters. The second-order valence-electron chi connectivity index (χ2n) is 7.64. The molecule has 0 N–H and O–H groups in total. The number of hydrogen-bond acceptors (Lipinski definition) is 4. The lowest BCUT2D eigenvalue weighted by molar-refractivity contribution is 0.440. The summed E-state index contributed by atoms with van der Waals surface area (Å²) in [6, 6.07) is 0. The van der Waals surface area contributed by atoms with Gasteiger partial charge >= 0.3 is 0 Å². The smallest absolute Gasteiger partial charge is 0.170 e. The fraction of sp³-hybridized carbons (Fsp3) is 1.00. The molecule has 0 bridgehead atoms. The summed E-state index contributed by atoms with van der Waals surface area (Å²) in [6.45, 7) is 3.85. The van der Waals surface area contributed by atoms with Crippen molar-refractivity contribution in [3.8, 4) is 0 Å². The molecule has 0 radical (unpaired) electrons. The second kappa shape index (κ2) is 8.52. The summed E-state index contributed by atoms with van der Waals surface area (Å²) in [7, 11) is -7.29. The molecule has 0 aromatic carbocycles. The van der Waals surface area contributed by atoms with Gasteiger partial charge in [0.2, 0.25) is 0 Å². The van der Waals surface area contributed by atoms with Crippen molar-refractivity contribution >= 4 is 19.7 Å². The number of sulfone groups is 2. The highest BCUT2D eigenvalue weighted by molar-refractivity contribution is 8.09. The zero-order chi connectivity index (χ0) is 17.8. The average molecular weight is 379 g/mol. The number of rotatable bonds is 7. The molecule has 0 aromatic rings. The summed E-state index contributed by atoms with van der Waals surface area (Å²) in [5.41, 5.74) is 0. The Kier molecular flexibility index (Phi) is 7.18. The van der Waals surface area contributed by atoms with Crippen molar-refractivity contribution in [2.45, 2.75) is 106 Å². The number of hydrogen-bond donors (Lipinski definition) is 0. The molecule has 2 saturated carbocycles. The van der Waals surface area contributed by atoms with Gasteiger partial charge in [-0.15, -0.1) is 0 Å². The molecular formula is C18H34O4S2. The fourth-order valence-electron chi connectivity index (χ4n) is 4.56. The van der Waals surface area contributed by atoms with Gasteiger partial charge in [0.05, 0.1) is 10.5 Å². The van der Waals surface area contributed by atoms with Crippen molar-refractivity contribution in [3.63, 3.8) is 0 Å². The average Bonchev–Trinajstić information content (AvgIpc) is 2.60. The van der Waals surface area contributed by atoms with Crippen LogP contribution in [-0.4, -0.2) is 31.9 Å². The topological polar surface area (TPSA) is 68.3 Å². The Bertz CT molecular complexity index is 531. The van der Waals surface area contributed by atoms with Crippen LogP contribution in [0.1, 0.15) is 90.9 Å². The highest BCUT2D eigenvalue weighted by Gasteiger charge is 2.49. The summed E-state index contributed by atoms with van der Waals surface area (Å²) in [5.74, 6) is -0.274. The molecule has 2 fully saturated rings. The standard InChI is InChI=1S/C18H34O4S2/c1-3-15(4-2)18(23(19,20)16-11-7-5-8-12-16)24(21,22)17-13-9-6-10-14-17/h15-18H,3-14H2,1-2H3. The minimum absolute atomic E-state index is 0.274. The van der Waals surface area contributed by atoms with Crippen molar-refractivity contribution in [1.29, 1.82) is 0 Å². The van der Waals surface area contributed by atoms with Gasteiger partial charge in [0.15, 0.2) is 24.3 Å². The summed E-state index contributed by atoms with van der Waals surface area (Å²) >= 11 is 0. The quantitative estimate of drug-likeness (QED) is 0.664. The van der Waals surface area contributed by atoms with Gasteiger partial charge in [0.1, 0.15) is 0 Å². The highest BCUT2D eigenvalue weighted by Crippen LogP contribution is 2.37. The lowest BCUT2D eigenvalue weighted by atomic mass is 10.0. The second-order valence-corrected chi connectivity index (χ2v) is 12.6. The maximum atomic E-state index is 13.4. The normalized spacial score (nSPS) is 22.3. The van der Waals surface area contributed by atoms with Crippen LogP contribution in [0.25, 0.3) is 0 Å². The molecule has 2 rings (SSSR count). The first-order chi connectivity index (χ1) is 11.4. The Balaban J connectivity index is 2.40. The van der Waals surface area contributed by atoms with E-state index in [-0.39, 0.29) is 5.92 Å². The Morgan fingerprint density at radius 1 is 0.667 bits per heavy atom.